The van der Waals surface area contributed by atoms with Crippen molar-refractivity contribution in [2.24, 2.45) is 16.8 Å². The number of likely N-dealkylation sites (tertiary alicyclic amines) is 2. The van der Waals surface area contributed by atoms with E-state index in [9.17, 15) is 14.8 Å². The molecule has 0 unspecified atom stereocenters. The predicted octanol–water partition coefficient (Wildman–Crippen LogP) is 1.15. The van der Waals surface area contributed by atoms with E-state index in [-0.39, 0.29) is 12.5 Å². The lowest BCUT2D eigenvalue weighted by Crippen LogP contribution is -2.55. The van der Waals surface area contributed by atoms with Gasteiger partial charge >= 0.3 is 0 Å². The van der Waals surface area contributed by atoms with E-state index in [0.29, 0.717) is 51.0 Å². The first-order valence-corrected chi connectivity index (χ1v) is 11.0. The maximum Gasteiger partial charge on any atom is 0.249 e. The standard InChI is InChI=1S/C23H28N6O3/c24-16-25-23(27-10-4-5-11-27)29-13-9-19(20(15-29)21(30)26-32)22(31)28-12-8-18(14-28)17-6-2-1-3-7-17/h1-7,18-20,32H,8-15H2,(H,26,30)/t18-,19-,20-/m0/s1. The van der Waals surface area contributed by atoms with Gasteiger partial charge in [-0.3, -0.25) is 14.8 Å². The molecular formula is C23H28N6O3. The molecule has 9 nitrogen and oxygen atoms in total. The fourth-order valence-corrected chi connectivity index (χ4v) is 5.00. The second-order valence-corrected chi connectivity index (χ2v) is 8.49. The maximum absolute atomic E-state index is 13.4. The Morgan fingerprint density at radius 1 is 1.00 bits per heavy atom. The Morgan fingerprint density at radius 2 is 1.72 bits per heavy atom. The first-order valence-electron chi connectivity index (χ1n) is 11.0. The zero-order valence-corrected chi connectivity index (χ0v) is 17.9. The largest absolute Gasteiger partial charge is 0.342 e. The van der Waals surface area contributed by atoms with Crippen molar-refractivity contribution < 1.29 is 14.8 Å². The van der Waals surface area contributed by atoms with Gasteiger partial charge in [0.2, 0.25) is 24.0 Å². The topological polar surface area (TPSA) is 112 Å². The lowest BCUT2D eigenvalue weighted by molar-refractivity contribution is -0.147. The molecule has 3 aliphatic rings. The molecule has 0 aliphatic carbocycles. The molecule has 1 aromatic carbocycles. The highest BCUT2D eigenvalue weighted by molar-refractivity contribution is 5.89. The van der Waals surface area contributed by atoms with Gasteiger partial charge < -0.3 is 14.7 Å². The lowest BCUT2D eigenvalue weighted by atomic mass is 9.83. The van der Waals surface area contributed by atoms with Crippen molar-refractivity contribution in [2.75, 3.05) is 39.3 Å². The number of guanidine groups is 1. The minimum atomic E-state index is -0.725. The van der Waals surface area contributed by atoms with E-state index in [1.54, 1.807) is 5.48 Å². The number of hydroxylamine groups is 1. The Hall–Kier alpha value is -3.38. The molecule has 32 heavy (non-hydrogen) atoms. The zero-order chi connectivity index (χ0) is 22.5. The Labute approximate surface area is 187 Å². The van der Waals surface area contributed by atoms with E-state index < -0.39 is 17.7 Å². The third kappa shape index (κ3) is 4.46. The number of carbonyl (C=O) groups excluding carboxylic acids is 2. The van der Waals surface area contributed by atoms with Crippen LogP contribution in [0.3, 0.4) is 0 Å². The Morgan fingerprint density at radius 3 is 2.41 bits per heavy atom. The second kappa shape index (κ2) is 9.83. The number of rotatable bonds is 3. The Balaban J connectivity index is 1.47. The molecule has 0 spiro atoms. The van der Waals surface area contributed by atoms with Crippen LogP contribution in [0.25, 0.3) is 0 Å². The van der Waals surface area contributed by atoms with Crippen molar-refractivity contribution in [1.82, 2.24) is 20.2 Å². The van der Waals surface area contributed by atoms with Crippen LogP contribution in [0.1, 0.15) is 24.3 Å². The number of aliphatic imine (C=N–C) groups is 1. The average molecular weight is 437 g/mol. The Kier molecular flexibility index (Phi) is 6.71. The van der Waals surface area contributed by atoms with Gasteiger partial charge in [-0.15, -0.1) is 4.99 Å². The van der Waals surface area contributed by atoms with E-state index in [1.807, 2.05) is 51.2 Å². The summed E-state index contributed by atoms with van der Waals surface area (Å²) in [5.74, 6) is -1.07. The molecule has 0 aromatic heterocycles. The predicted molar refractivity (Wildman–Crippen MR) is 117 cm³/mol. The summed E-state index contributed by atoms with van der Waals surface area (Å²) in [4.78, 5) is 35.6. The number of hydrogen-bond acceptors (Lipinski definition) is 5. The average Bonchev–Trinajstić information content (AvgIpc) is 3.54. The van der Waals surface area contributed by atoms with Crippen LogP contribution in [0.15, 0.2) is 47.5 Å². The smallest absolute Gasteiger partial charge is 0.249 e. The molecule has 3 heterocycles. The second-order valence-electron chi connectivity index (χ2n) is 8.49. The fourth-order valence-electron chi connectivity index (χ4n) is 5.00. The zero-order valence-electron chi connectivity index (χ0n) is 17.9. The molecule has 168 valence electrons. The summed E-state index contributed by atoms with van der Waals surface area (Å²) >= 11 is 0. The van der Waals surface area contributed by atoms with Crippen molar-refractivity contribution in [2.45, 2.75) is 18.8 Å². The molecule has 2 saturated heterocycles. The van der Waals surface area contributed by atoms with E-state index in [4.69, 9.17) is 5.26 Å². The summed E-state index contributed by atoms with van der Waals surface area (Å²) in [6.45, 7) is 3.31. The lowest BCUT2D eigenvalue weighted by Gasteiger charge is -2.41. The van der Waals surface area contributed by atoms with Gasteiger partial charge in [0.05, 0.1) is 11.8 Å². The van der Waals surface area contributed by atoms with Gasteiger partial charge in [-0.1, -0.05) is 42.5 Å². The normalized spacial score (nSPS) is 25.7. The minimum Gasteiger partial charge on any atom is -0.342 e. The van der Waals surface area contributed by atoms with Gasteiger partial charge in [0, 0.05) is 45.2 Å². The van der Waals surface area contributed by atoms with Crippen LogP contribution in [0.4, 0.5) is 0 Å². The van der Waals surface area contributed by atoms with Gasteiger partial charge in [0.25, 0.3) is 0 Å². The number of amides is 2. The van der Waals surface area contributed by atoms with Crippen LogP contribution in [0.5, 0.6) is 0 Å². The molecule has 0 bridgehead atoms. The van der Waals surface area contributed by atoms with Gasteiger partial charge in [-0.05, 0) is 18.4 Å². The third-order valence-electron chi connectivity index (χ3n) is 6.68. The third-order valence-corrected chi connectivity index (χ3v) is 6.68. The van der Waals surface area contributed by atoms with E-state index in [1.165, 1.54) is 5.56 Å². The SMILES string of the molecule is N#CN=C(N1CC=CC1)N1CC[C@H](C(=O)N2CC[C@H](c3ccccc3)C2)[C@@H](C(=O)NO)C1. The summed E-state index contributed by atoms with van der Waals surface area (Å²) in [6.07, 6.45) is 7.19. The monoisotopic (exact) mass is 436 g/mol. The molecule has 0 radical (unpaired) electrons. The number of nitrogens with zero attached hydrogens (tertiary/aromatic N) is 5. The number of piperidine rings is 1. The van der Waals surface area contributed by atoms with E-state index in [0.717, 1.165) is 6.42 Å². The van der Waals surface area contributed by atoms with Crippen LogP contribution in [-0.4, -0.2) is 76.9 Å². The molecular weight excluding hydrogens is 408 g/mol. The quantitative estimate of drug-likeness (QED) is 0.184. The summed E-state index contributed by atoms with van der Waals surface area (Å²) in [5.41, 5.74) is 2.96. The van der Waals surface area contributed by atoms with Gasteiger partial charge in [-0.2, -0.15) is 5.26 Å². The summed E-state index contributed by atoms with van der Waals surface area (Å²) in [5, 5.41) is 18.5. The Bertz CT molecular complexity index is 933. The molecule has 0 saturated carbocycles. The molecule has 2 amide bonds. The molecule has 1 aromatic rings. The maximum atomic E-state index is 13.4. The summed E-state index contributed by atoms with van der Waals surface area (Å²) < 4.78 is 0. The van der Waals surface area contributed by atoms with Gasteiger partial charge in [0.15, 0.2) is 0 Å². The van der Waals surface area contributed by atoms with Crippen LogP contribution in [0.2, 0.25) is 0 Å². The van der Waals surface area contributed by atoms with Crippen molar-refractivity contribution in [3.63, 3.8) is 0 Å². The highest BCUT2D eigenvalue weighted by atomic mass is 16.5. The van der Waals surface area contributed by atoms with Gasteiger partial charge in [0.1, 0.15) is 0 Å². The number of nitrogens with one attached hydrogen (secondary N) is 1. The van der Waals surface area contributed by atoms with Crippen LogP contribution in [-0.2, 0) is 9.59 Å². The molecule has 2 N–H and O–H groups in total. The van der Waals surface area contributed by atoms with Crippen molar-refractivity contribution in [1.29, 1.82) is 5.26 Å². The number of carbonyl (C=O) groups is 2. The first-order chi connectivity index (χ1) is 15.6. The summed E-state index contributed by atoms with van der Waals surface area (Å²) in [7, 11) is 0. The molecule has 2 fully saturated rings. The van der Waals surface area contributed by atoms with E-state index in [2.05, 4.69) is 17.1 Å². The molecule has 9 heteroatoms. The van der Waals surface area contributed by atoms with Crippen molar-refractivity contribution in [3.05, 3.63) is 48.0 Å². The van der Waals surface area contributed by atoms with Crippen LogP contribution in [0, 0.1) is 23.3 Å². The van der Waals surface area contributed by atoms with Crippen molar-refractivity contribution >= 4 is 17.8 Å². The summed E-state index contributed by atoms with van der Waals surface area (Å²) in [6, 6.07) is 10.2. The van der Waals surface area contributed by atoms with E-state index >= 15 is 0 Å². The molecule has 4 rings (SSSR count). The molecule has 3 atom stereocenters. The van der Waals surface area contributed by atoms with Crippen LogP contribution >= 0.6 is 0 Å². The number of hydrogen-bond donors (Lipinski definition) is 2. The fraction of sp³-hybridized carbons (Fsp3) is 0.478. The first kappa shape index (κ1) is 21.8. The van der Waals surface area contributed by atoms with Crippen LogP contribution < -0.4 is 5.48 Å². The molecule has 3 aliphatic heterocycles. The minimum absolute atomic E-state index is 0.0432. The van der Waals surface area contributed by atoms with Gasteiger partial charge in [-0.25, -0.2) is 5.48 Å². The highest BCUT2D eigenvalue weighted by Gasteiger charge is 2.43. The number of benzene rings is 1. The van der Waals surface area contributed by atoms with Crippen molar-refractivity contribution in [3.8, 4) is 6.19 Å². The number of nitriles is 1. The highest BCUT2D eigenvalue weighted by Crippen LogP contribution is 2.32.